The van der Waals surface area contributed by atoms with Crippen LogP contribution in [0.5, 0.6) is 0 Å². The lowest BCUT2D eigenvalue weighted by Crippen LogP contribution is -2.52. The van der Waals surface area contributed by atoms with Gasteiger partial charge in [-0.25, -0.2) is 4.39 Å². The van der Waals surface area contributed by atoms with Crippen LogP contribution in [0, 0.1) is 5.82 Å². The van der Waals surface area contributed by atoms with Gasteiger partial charge in [-0.05, 0) is 53.8 Å². The Kier molecular flexibility index (Phi) is 9.00. The Morgan fingerprint density at radius 3 is 2.22 bits per heavy atom. The minimum Gasteiger partial charge on any atom is -0.352 e. The second kappa shape index (κ2) is 12.4. The number of nitrogens with one attached hydrogen (secondary N) is 1. The maximum atomic E-state index is 13.7. The summed E-state index contributed by atoms with van der Waals surface area (Å²) in [6.45, 7) is 0.177. The SMILES string of the molecule is O=C(NC1CCCC1)[C@@H](Cc1ccccc1)N(Cc1ccc(F)cc1)C(=O)Cc1ccc(Cl)c(Cl)c1. The number of benzene rings is 3. The second-order valence-corrected chi connectivity index (χ2v) is 10.1. The van der Waals surface area contributed by atoms with E-state index < -0.39 is 6.04 Å². The van der Waals surface area contributed by atoms with Gasteiger partial charge in [-0.3, -0.25) is 9.59 Å². The van der Waals surface area contributed by atoms with Crippen LogP contribution in [0.1, 0.15) is 42.4 Å². The molecule has 0 bridgehead atoms. The lowest BCUT2D eigenvalue weighted by Gasteiger charge is -2.32. The fourth-order valence-electron chi connectivity index (χ4n) is 4.63. The van der Waals surface area contributed by atoms with Gasteiger partial charge >= 0.3 is 0 Å². The number of hydrogen-bond acceptors (Lipinski definition) is 2. The van der Waals surface area contributed by atoms with E-state index in [9.17, 15) is 14.0 Å². The van der Waals surface area contributed by atoms with Crippen LogP contribution >= 0.6 is 23.2 Å². The Balaban J connectivity index is 1.66. The maximum Gasteiger partial charge on any atom is 0.243 e. The van der Waals surface area contributed by atoms with Gasteiger partial charge in [0.25, 0.3) is 0 Å². The van der Waals surface area contributed by atoms with Gasteiger partial charge in [0.15, 0.2) is 0 Å². The molecule has 0 aliphatic heterocycles. The molecule has 36 heavy (non-hydrogen) atoms. The lowest BCUT2D eigenvalue weighted by molar-refractivity contribution is -0.141. The van der Waals surface area contributed by atoms with E-state index in [4.69, 9.17) is 23.2 Å². The summed E-state index contributed by atoms with van der Waals surface area (Å²) in [5, 5.41) is 3.96. The quantitative estimate of drug-likeness (QED) is 0.352. The molecule has 0 unspecified atom stereocenters. The third-order valence-electron chi connectivity index (χ3n) is 6.58. The summed E-state index contributed by atoms with van der Waals surface area (Å²) in [4.78, 5) is 29.0. The highest BCUT2D eigenvalue weighted by molar-refractivity contribution is 6.42. The van der Waals surface area contributed by atoms with Crippen molar-refractivity contribution in [2.45, 2.75) is 57.2 Å². The van der Waals surface area contributed by atoms with Crippen LogP contribution in [-0.2, 0) is 29.0 Å². The molecule has 1 fully saturated rings. The third kappa shape index (κ3) is 7.08. The Hall–Kier alpha value is -2.89. The third-order valence-corrected chi connectivity index (χ3v) is 7.32. The largest absolute Gasteiger partial charge is 0.352 e. The molecule has 188 valence electrons. The maximum absolute atomic E-state index is 13.7. The van der Waals surface area contributed by atoms with Gasteiger partial charge in [0, 0.05) is 19.0 Å². The highest BCUT2D eigenvalue weighted by atomic mass is 35.5. The normalized spacial score (nSPS) is 14.4. The molecule has 0 saturated heterocycles. The lowest BCUT2D eigenvalue weighted by atomic mass is 10.0. The van der Waals surface area contributed by atoms with Gasteiger partial charge in [0.05, 0.1) is 16.5 Å². The summed E-state index contributed by atoms with van der Waals surface area (Å²) in [6, 6.07) is 20.2. The number of rotatable bonds is 9. The molecule has 1 aliphatic rings. The van der Waals surface area contributed by atoms with Gasteiger partial charge in [-0.2, -0.15) is 0 Å². The first kappa shape index (κ1) is 26.2. The standard InChI is InChI=1S/C29H29Cl2FN2O2/c30-25-15-12-22(16-26(25)31)18-28(35)34(19-21-10-13-23(32)14-11-21)27(17-20-6-2-1-3-7-20)29(36)33-24-8-4-5-9-24/h1-3,6-7,10-16,24,27H,4-5,8-9,17-19H2,(H,33,36)/t27-/m1/s1. The number of hydrogen-bond donors (Lipinski definition) is 1. The minimum atomic E-state index is -0.728. The predicted molar refractivity (Wildman–Crippen MR) is 141 cm³/mol. The molecule has 4 nitrogen and oxygen atoms in total. The van der Waals surface area contributed by atoms with Crippen molar-refractivity contribution in [1.29, 1.82) is 0 Å². The summed E-state index contributed by atoms with van der Waals surface area (Å²) in [6.07, 6.45) is 4.49. The van der Waals surface area contributed by atoms with E-state index >= 15 is 0 Å². The number of carbonyl (C=O) groups is 2. The summed E-state index contributed by atoms with van der Waals surface area (Å²) < 4.78 is 13.6. The summed E-state index contributed by atoms with van der Waals surface area (Å²) in [5.74, 6) is -0.747. The smallest absolute Gasteiger partial charge is 0.243 e. The predicted octanol–water partition coefficient (Wildman–Crippen LogP) is 6.37. The zero-order valence-corrected chi connectivity index (χ0v) is 21.4. The molecule has 3 aromatic rings. The van der Waals surface area contributed by atoms with Crippen LogP contribution in [0.25, 0.3) is 0 Å². The van der Waals surface area contributed by atoms with Crippen molar-refractivity contribution < 1.29 is 14.0 Å². The van der Waals surface area contributed by atoms with E-state index in [1.807, 2.05) is 30.3 Å². The Labute approximate surface area is 221 Å². The molecular weight excluding hydrogens is 498 g/mol. The number of carbonyl (C=O) groups excluding carboxylic acids is 2. The summed E-state index contributed by atoms with van der Waals surface area (Å²) >= 11 is 12.2. The molecule has 0 radical (unpaired) electrons. The van der Waals surface area contributed by atoms with Gasteiger partial charge in [0.2, 0.25) is 11.8 Å². The van der Waals surface area contributed by atoms with Crippen molar-refractivity contribution in [2.24, 2.45) is 0 Å². The Bertz CT molecular complexity index is 1180. The zero-order chi connectivity index (χ0) is 25.5. The van der Waals surface area contributed by atoms with Crippen molar-refractivity contribution in [1.82, 2.24) is 10.2 Å². The number of halogens is 3. The number of amides is 2. The second-order valence-electron chi connectivity index (χ2n) is 9.27. The van der Waals surface area contributed by atoms with Gasteiger partial charge in [-0.1, -0.05) is 84.6 Å². The van der Waals surface area contributed by atoms with Crippen molar-refractivity contribution >= 4 is 35.0 Å². The van der Waals surface area contributed by atoms with Crippen molar-refractivity contribution in [3.8, 4) is 0 Å². The molecule has 1 N–H and O–H groups in total. The molecular formula is C29H29Cl2FN2O2. The molecule has 7 heteroatoms. The van der Waals surface area contributed by atoms with Gasteiger partial charge in [-0.15, -0.1) is 0 Å². The molecule has 1 aliphatic carbocycles. The average Bonchev–Trinajstić information content (AvgIpc) is 3.38. The molecule has 1 saturated carbocycles. The van der Waals surface area contributed by atoms with E-state index in [0.29, 0.717) is 22.0 Å². The van der Waals surface area contributed by atoms with Crippen LogP contribution in [-0.4, -0.2) is 28.8 Å². The highest BCUT2D eigenvalue weighted by Gasteiger charge is 2.32. The van der Waals surface area contributed by atoms with E-state index in [0.717, 1.165) is 36.8 Å². The molecule has 0 heterocycles. The van der Waals surface area contributed by atoms with Crippen LogP contribution in [0.15, 0.2) is 72.8 Å². The van der Waals surface area contributed by atoms with E-state index in [2.05, 4.69) is 5.32 Å². The van der Waals surface area contributed by atoms with E-state index in [1.54, 1.807) is 35.2 Å². The Morgan fingerprint density at radius 2 is 1.56 bits per heavy atom. The molecule has 2 amide bonds. The molecule has 3 aromatic carbocycles. The van der Waals surface area contributed by atoms with Gasteiger partial charge in [0.1, 0.15) is 11.9 Å². The fraction of sp³-hybridized carbons (Fsp3) is 0.310. The first-order chi connectivity index (χ1) is 17.4. The fourth-order valence-corrected chi connectivity index (χ4v) is 4.95. The summed E-state index contributed by atoms with van der Waals surface area (Å²) in [5.41, 5.74) is 2.40. The van der Waals surface area contributed by atoms with Gasteiger partial charge < -0.3 is 10.2 Å². The minimum absolute atomic E-state index is 0.0556. The monoisotopic (exact) mass is 526 g/mol. The Morgan fingerprint density at radius 1 is 0.889 bits per heavy atom. The van der Waals surface area contributed by atoms with Crippen molar-refractivity contribution in [3.05, 3.63) is 105 Å². The first-order valence-electron chi connectivity index (χ1n) is 12.2. The number of nitrogens with zero attached hydrogens (tertiary/aromatic N) is 1. The van der Waals surface area contributed by atoms with E-state index in [-0.39, 0.29) is 36.6 Å². The van der Waals surface area contributed by atoms with Crippen LogP contribution in [0.4, 0.5) is 4.39 Å². The van der Waals surface area contributed by atoms with Crippen molar-refractivity contribution in [3.63, 3.8) is 0 Å². The molecule has 4 rings (SSSR count). The molecule has 1 atom stereocenters. The van der Waals surface area contributed by atoms with E-state index in [1.165, 1.54) is 12.1 Å². The van der Waals surface area contributed by atoms with Crippen LogP contribution < -0.4 is 5.32 Å². The zero-order valence-electron chi connectivity index (χ0n) is 19.9. The van der Waals surface area contributed by atoms with Crippen molar-refractivity contribution in [2.75, 3.05) is 0 Å². The highest BCUT2D eigenvalue weighted by Crippen LogP contribution is 2.24. The average molecular weight is 527 g/mol. The van der Waals surface area contributed by atoms with Crippen LogP contribution in [0.3, 0.4) is 0 Å². The summed E-state index contributed by atoms with van der Waals surface area (Å²) in [7, 11) is 0. The van der Waals surface area contributed by atoms with Crippen LogP contribution in [0.2, 0.25) is 10.0 Å². The molecule has 0 aromatic heterocycles. The molecule has 0 spiro atoms. The topological polar surface area (TPSA) is 49.4 Å². The first-order valence-corrected chi connectivity index (χ1v) is 13.0.